The number of amides is 1. The lowest BCUT2D eigenvalue weighted by Crippen LogP contribution is -2.41. The summed E-state index contributed by atoms with van der Waals surface area (Å²) < 4.78 is 0. The zero-order chi connectivity index (χ0) is 10.5. The summed E-state index contributed by atoms with van der Waals surface area (Å²) in [6.07, 6.45) is 4.33. The first-order valence-corrected chi connectivity index (χ1v) is 6.05. The fourth-order valence-electron chi connectivity index (χ4n) is 2.39. The summed E-state index contributed by atoms with van der Waals surface area (Å²) in [5, 5.41) is 9.85. The molecular formula is C11H21N3O. The van der Waals surface area contributed by atoms with Gasteiger partial charge in [0.25, 0.3) is 0 Å². The molecule has 4 heteroatoms. The molecule has 1 amide bonds. The van der Waals surface area contributed by atoms with E-state index in [0.29, 0.717) is 12.5 Å². The van der Waals surface area contributed by atoms with Gasteiger partial charge in [-0.15, -0.1) is 0 Å². The SMILES string of the molecule is O=C1CCC(CNCC2CCCNC2)N1. The molecule has 0 aromatic rings. The fraction of sp³-hybridized carbons (Fsp3) is 0.909. The number of rotatable bonds is 4. The van der Waals surface area contributed by atoms with E-state index in [1.165, 1.54) is 19.4 Å². The van der Waals surface area contributed by atoms with Crippen LogP contribution in [0.3, 0.4) is 0 Å². The molecule has 15 heavy (non-hydrogen) atoms. The van der Waals surface area contributed by atoms with Crippen LogP contribution in [0.5, 0.6) is 0 Å². The van der Waals surface area contributed by atoms with Crippen molar-refractivity contribution in [3.63, 3.8) is 0 Å². The van der Waals surface area contributed by atoms with E-state index in [9.17, 15) is 4.79 Å². The van der Waals surface area contributed by atoms with Crippen LogP contribution in [-0.2, 0) is 4.79 Å². The molecule has 0 bridgehead atoms. The second kappa shape index (κ2) is 5.47. The van der Waals surface area contributed by atoms with Crippen LogP contribution in [0.1, 0.15) is 25.7 Å². The van der Waals surface area contributed by atoms with Gasteiger partial charge in [0.1, 0.15) is 0 Å². The van der Waals surface area contributed by atoms with Gasteiger partial charge in [-0.25, -0.2) is 0 Å². The fourth-order valence-corrected chi connectivity index (χ4v) is 2.39. The Morgan fingerprint density at radius 3 is 2.93 bits per heavy atom. The maximum atomic E-state index is 11.0. The lowest BCUT2D eigenvalue weighted by molar-refractivity contribution is -0.119. The minimum Gasteiger partial charge on any atom is -0.352 e. The molecule has 0 aromatic heterocycles. The van der Waals surface area contributed by atoms with Gasteiger partial charge in [-0.05, 0) is 44.8 Å². The normalized spacial score (nSPS) is 31.6. The van der Waals surface area contributed by atoms with E-state index in [4.69, 9.17) is 0 Å². The van der Waals surface area contributed by atoms with Crippen LogP contribution in [0.15, 0.2) is 0 Å². The predicted octanol–water partition coefficient (Wildman–Crippen LogP) is -0.146. The maximum absolute atomic E-state index is 11.0. The molecule has 2 unspecified atom stereocenters. The van der Waals surface area contributed by atoms with Gasteiger partial charge in [-0.1, -0.05) is 0 Å². The first kappa shape index (κ1) is 10.9. The predicted molar refractivity (Wildman–Crippen MR) is 59.6 cm³/mol. The van der Waals surface area contributed by atoms with E-state index in [2.05, 4.69) is 16.0 Å². The van der Waals surface area contributed by atoms with E-state index in [0.717, 1.165) is 32.0 Å². The van der Waals surface area contributed by atoms with Gasteiger partial charge in [0.2, 0.25) is 5.91 Å². The monoisotopic (exact) mass is 211 g/mol. The summed E-state index contributed by atoms with van der Waals surface area (Å²) in [5.41, 5.74) is 0. The van der Waals surface area contributed by atoms with Gasteiger partial charge < -0.3 is 16.0 Å². The summed E-state index contributed by atoms with van der Waals surface area (Å²) in [7, 11) is 0. The van der Waals surface area contributed by atoms with Gasteiger partial charge in [0.05, 0.1) is 0 Å². The van der Waals surface area contributed by atoms with Crippen molar-refractivity contribution in [2.45, 2.75) is 31.7 Å². The molecule has 2 heterocycles. The first-order chi connectivity index (χ1) is 7.34. The summed E-state index contributed by atoms with van der Waals surface area (Å²) in [6.45, 7) is 4.33. The molecule has 2 fully saturated rings. The smallest absolute Gasteiger partial charge is 0.220 e. The Kier molecular flexibility index (Phi) is 3.97. The third kappa shape index (κ3) is 3.47. The van der Waals surface area contributed by atoms with Crippen molar-refractivity contribution in [2.75, 3.05) is 26.2 Å². The molecule has 0 radical (unpaired) electrons. The zero-order valence-electron chi connectivity index (χ0n) is 9.22. The molecule has 2 aliphatic heterocycles. The topological polar surface area (TPSA) is 53.2 Å². The Balaban J connectivity index is 1.56. The van der Waals surface area contributed by atoms with Crippen molar-refractivity contribution in [1.82, 2.24) is 16.0 Å². The van der Waals surface area contributed by atoms with Crippen molar-refractivity contribution < 1.29 is 4.79 Å². The summed E-state index contributed by atoms with van der Waals surface area (Å²) in [5.74, 6) is 0.983. The Labute approximate surface area is 91.2 Å². The van der Waals surface area contributed by atoms with Gasteiger partial charge in [0, 0.05) is 19.0 Å². The number of carbonyl (C=O) groups is 1. The molecule has 2 rings (SSSR count). The second-order valence-electron chi connectivity index (χ2n) is 4.67. The molecule has 2 atom stereocenters. The summed E-state index contributed by atoms with van der Waals surface area (Å²) >= 11 is 0. The van der Waals surface area contributed by atoms with Crippen molar-refractivity contribution >= 4 is 5.91 Å². The van der Waals surface area contributed by atoms with Crippen LogP contribution in [0.25, 0.3) is 0 Å². The summed E-state index contributed by atoms with van der Waals surface area (Å²) in [6, 6.07) is 0.369. The van der Waals surface area contributed by atoms with Crippen LogP contribution < -0.4 is 16.0 Å². The Morgan fingerprint density at radius 2 is 2.27 bits per heavy atom. The number of hydrogen-bond acceptors (Lipinski definition) is 3. The highest BCUT2D eigenvalue weighted by Gasteiger charge is 2.20. The second-order valence-corrected chi connectivity index (χ2v) is 4.67. The molecule has 0 saturated carbocycles. The van der Waals surface area contributed by atoms with Crippen LogP contribution in [0, 0.1) is 5.92 Å². The van der Waals surface area contributed by atoms with Crippen molar-refractivity contribution in [2.24, 2.45) is 5.92 Å². The van der Waals surface area contributed by atoms with Crippen molar-refractivity contribution in [3.05, 3.63) is 0 Å². The minimum atomic E-state index is 0.209. The molecule has 2 saturated heterocycles. The van der Waals surface area contributed by atoms with E-state index in [1.54, 1.807) is 0 Å². The van der Waals surface area contributed by atoms with Gasteiger partial charge in [-0.2, -0.15) is 0 Å². The first-order valence-electron chi connectivity index (χ1n) is 6.05. The maximum Gasteiger partial charge on any atom is 0.220 e. The quantitative estimate of drug-likeness (QED) is 0.606. The number of hydrogen-bond donors (Lipinski definition) is 3. The molecule has 4 nitrogen and oxygen atoms in total. The largest absolute Gasteiger partial charge is 0.352 e. The molecule has 86 valence electrons. The molecule has 2 aliphatic rings. The standard InChI is InChI=1S/C11H21N3O/c15-11-4-3-10(14-11)8-13-7-9-2-1-5-12-6-9/h9-10,12-13H,1-8H2,(H,14,15). The van der Waals surface area contributed by atoms with Crippen LogP contribution in [0.4, 0.5) is 0 Å². The highest BCUT2D eigenvalue weighted by Crippen LogP contribution is 2.09. The molecule has 0 spiro atoms. The lowest BCUT2D eigenvalue weighted by Gasteiger charge is -2.23. The Bertz CT molecular complexity index is 214. The molecular weight excluding hydrogens is 190 g/mol. The third-order valence-corrected chi connectivity index (χ3v) is 3.31. The van der Waals surface area contributed by atoms with Crippen molar-refractivity contribution in [3.8, 4) is 0 Å². The van der Waals surface area contributed by atoms with E-state index in [-0.39, 0.29) is 5.91 Å². The van der Waals surface area contributed by atoms with Gasteiger partial charge in [0.15, 0.2) is 0 Å². The minimum absolute atomic E-state index is 0.209. The Morgan fingerprint density at radius 1 is 1.33 bits per heavy atom. The van der Waals surface area contributed by atoms with Crippen LogP contribution in [0.2, 0.25) is 0 Å². The average molecular weight is 211 g/mol. The average Bonchev–Trinajstić information content (AvgIpc) is 2.66. The van der Waals surface area contributed by atoms with Gasteiger partial charge in [-0.3, -0.25) is 4.79 Å². The molecule has 0 aromatic carbocycles. The van der Waals surface area contributed by atoms with Gasteiger partial charge >= 0.3 is 0 Å². The van der Waals surface area contributed by atoms with Crippen molar-refractivity contribution in [1.29, 1.82) is 0 Å². The van der Waals surface area contributed by atoms with E-state index < -0.39 is 0 Å². The number of piperidine rings is 1. The number of nitrogens with one attached hydrogen (secondary N) is 3. The highest BCUT2D eigenvalue weighted by atomic mass is 16.1. The zero-order valence-corrected chi connectivity index (χ0v) is 9.22. The van der Waals surface area contributed by atoms with E-state index in [1.807, 2.05) is 0 Å². The lowest BCUT2D eigenvalue weighted by atomic mass is 10.00. The highest BCUT2D eigenvalue weighted by molar-refractivity contribution is 5.78. The summed E-state index contributed by atoms with van der Waals surface area (Å²) in [4.78, 5) is 11.0. The number of carbonyl (C=O) groups excluding carboxylic acids is 1. The molecule has 3 N–H and O–H groups in total. The molecule has 0 aliphatic carbocycles. The Hall–Kier alpha value is -0.610. The van der Waals surface area contributed by atoms with E-state index >= 15 is 0 Å². The van der Waals surface area contributed by atoms with Crippen LogP contribution >= 0.6 is 0 Å². The van der Waals surface area contributed by atoms with Crippen LogP contribution in [-0.4, -0.2) is 38.1 Å². The third-order valence-electron chi connectivity index (χ3n) is 3.31.